The molecule has 0 unspecified atom stereocenters. The summed E-state index contributed by atoms with van der Waals surface area (Å²) in [5, 5.41) is 3.01. The fraction of sp³-hybridized carbons (Fsp3) is 0.286. The molecule has 3 nitrogen and oxygen atoms in total. The van der Waals surface area contributed by atoms with Crippen molar-refractivity contribution in [1.29, 1.82) is 0 Å². The molecule has 20 heavy (non-hydrogen) atoms. The van der Waals surface area contributed by atoms with Crippen LogP contribution in [0.5, 0.6) is 0 Å². The van der Waals surface area contributed by atoms with E-state index in [0.717, 1.165) is 17.8 Å². The van der Waals surface area contributed by atoms with E-state index in [2.05, 4.69) is 15.3 Å². The predicted octanol–water partition coefficient (Wildman–Crippen LogP) is 3.72. The lowest BCUT2D eigenvalue weighted by atomic mass is 10.1. The van der Waals surface area contributed by atoms with Crippen LogP contribution >= 0.6 is 0 Å². The number of halogens is 3. The molecule has 0 radical (unpaired) electrons. The molecule has 1 heterocycles. The molecule has 0 bridgehead atoms. The van der Waals surface area contributed by atoms with E-state index in [1.807, 2.05) is 6.92 Å². The number of anilines is 1. The van der Waals surface area contributed by atoms with E-state index >= 15 is 0 Å². The lowest BCUT2D eigenvalue weighted by molar-refractivity contribution is -0.137. The van der Waals surface area contributed by atoms with Gasteiger partial charge in [0, 0.05) is 12.7 Å². The molecule has 1 aromatic heterocycles. The topological polar surface area (TPSA) is 37.8 Å². The van der Waals surface area contributed by atoms with Crippen molar-refractivity contribution in [2.24, 2.45) is 0 Å². The first-order valence-corrected chi connectivity index (χ1v) is 6.06. The molecule has 1 N–H and O–H groups in total. The fourth-order valence-corrected chi connectivity index (χ4v) is 1.75. The summed E-state index contributed by atoms with van der Waals surface area (Å²) in [6.45, 7) is 3.87. The highest BCUT2D eigenvalue weighted by Gasteiger charge is 2.30. The van der Waals surface area contributed by atoms with Crippen molar-refractivity contribution in [3.8, 4) is 0 Å². The van der Waals surface area contributed by atoms with Crippen LogP contribution in [0.4, 0.5) is 19.0 Å². The minimum atomic E-state index is -4.32. The fourth-order valence-electron chi connectivity index (χ4n) is 1.75. The van der Waals surface area contributed by atoms with Gasteiger partial charge in [0.05, 0.1) is 17.0 Å². The normalized spacial score (nSPS) is 11.4. The number of benzene rings is 1. The van der Waals surface area contributed by atoms with Gasteiger partial charge >= 0.3 is 6.18 Å². The SMILES string of the molecule is Cc1cnc(C)c(NCc2cccc(C(F)(F)F)c2)n1. The Morgan fingerprint density at radius 1 is 1.20 bits per heavy atom. The second-order valence-electron chi connectivity index (χ2n) is 4.50. The van der Waals surface area contributed by atoms with E-state index in [0.29, 0.717) is 17.1 Å². The van der Waals surface area contributed by atoms with Crippen LogP contribution in [0.15, 0.2) is 30.5 Å². The Kier molecular flexibility index (Phi) is 3.92. The van der Waals surface area contributed by atoms with Crippen LogP contribution in [-0.4, -0.2) is 9.97 Å². The Morgan fingerprint density at radius 2 is 1.95 bits per heavy atom. The Bertz CT molecular complexity index is 609. The monoisotopic (exact) mass is 281 g/mol. The zero-order chi connectivity index (χ0) is 14.8. The van der Waals surface area contributed by atoms with E-state index < -0.39 is 11.7 Å². The van der Waals surface area contributed by atoms with Gasteiger partial charge in [0.25, 0.3) is 0 Å². The highest BCUT2D eigenvalue weighted by Crippen LogP contribution is 2.29. The Hall–Kier alpha value is -2.11. The van der Waals surface area contributed by atoms with Crippen LogP contribution in [0, 0.1) is 13.8 Å². The first-order valence-electron chi connectivity index (χ1n) is 6.06. The molecule has 0 aliphatic rings. The number of aryl methyl sites for hydroxylation is 2. The second-order valence-corrected chi connectivity index (χ2v) is 4.50. The van der Waals surface area contributed by atoms with Gasteiger partial charge in [-0.1, -0.05) is 12.1 Å². The van der Waals surface area contributed by atoms with Crippen molar-refractivity contribution in [2.75, 3.05) is 5.32 Å². The molecule has 2 aromatic rings. The van der Waals surface area contributed by atoms with Crippen LogP contribution in [0.3, 0.4) is 0 Å². The van der Waals surface area contributed by atoms with Crippen molar-refractivity contribution in [2.45, 2.75) is 26.6 Å². The molecule has 1 aromatic carbocycles. The molecule has 2 rings (SSSR count). The average Bonchev–Trinajstić information content (AvgIpc) is 2.39. The van der Waals surface area contributed by atoms with Crippen LogP contribution in [0.2, 0.25) is 0 Å². The van der Waals surface area contributed by atoms with Gasteiger partial charge in [-0.25, -0.2) is 4.98 Å². The van der Waals surface area contributed by atoms with E-state index in [1.54, 1.807) is 19.2 Å². The summed E-state index contributed by atoms with van der Waals surface area (Å²) in [5.41, 5.74) is 1.36. The summed E-state index contributed by atoms with van der Waals surface area (Å²) < 4.78 is 37.8. The van der Waals surface area contributed by atoms with Gasteiger partial charge in [-0.15, -0.1) is 0 Å². The zero-order valence-electron chi connectivity index (χ0n) is 11.1. The molecule has 0 spiro atoms. The second kappa shape index (κ2) is 5.48. The lowest BCUT2D eigenvalue weighted by Gasteiger charge is -2.11. The predicted molar refractivity (Wildman–Crippen MR) is 70.3 cm³/mol. The maximum atomic E-state index is 12.6. The van der Waals surface area contributed by atoms with E-state index in [9.17, 15) is 13.2 Å². The zero-order valence-corrected chi connectivity index (χ0v) is 11.1. The third-order valence-corrected chi connectivity index (χ3v) is 2.79. The molecule has 106 valence electrons. The minimum absolute atomic E-state index is 0.267. The summed E-state index contributed by atoms with van der Waals surface area (Å²) in [4.78, 5) is 8.41. The number of rotatable bonds is 3. The van der Waals surface area contributed by atoms with Crippen LogP contribution < -0.4 is 5.32 Å². The van der Waals surface area contributed by atoms with Crippen molar-refractivity contribution < 1.29 is 13.2 Å². The van der Waals surface area contributed by atoms with Gasteiger partial charge in [-0.3, -0.25) is 4.98 Å². The van der Waals surface area contributed by atoms with Gasteiger partial charge in [0.15, 0.2) is 0 Å². The summed E-state index contributed by atoms with van der Waals surface area (Å²) in [7, 11) is 0. The standard InChI is InChI=1S/C14H14F3N3/c1-9-7-18-10(2)13(20-9)19-8-11-4-3-5-12(6-11)14(15,16)17/h3-7H,8H2,1-2H3,(H,19,20). The molecule has 0 atom stereocenters. The highest BCUT2D eigenvalue weighted by molar-refractivity contribution is 5.40. The molecule has 0 aliphatic carbocycles. The molecule has 0 aliphatic heterocycles. The quantitative estimate of drug-likeness (QED) is 0.931. The molecule has 0 fully saturated rings. The number of nitrogens with one attached hydrogen (secondary N) is 1. The largest absolute Gasteiger partial charge is 0.416 e. The summed E-state index contributed by atoms with van der Waals surface area (Å²) >= 11 is 0. The van der Waals surface area contributed by atoms with Crippen LogP contribution in [0.1, 0.15) is 22.5 Å². The van der Waals surface area contributed by atoms with E-state index in [1.165, 1.54) is 6.07 Å². The first-order chi connectivity index (χ1) is 9.36. The molecule has 0 saturated heterocycles. The number of nitrogens with zero attached hydrogens (tertiary/aromatic N) is 2. The third kappa shape index (κ3) is 3.46. The Labute approximate surface area is 114 Å². The smallest absolute Gasteiger partial charge is 0.364 e. The van der Waals surface area contributed by atoms with Gasteiger partial charge in [0.2, 0.25) is 0 Å². The van der Waals surface area contributed by atoms with Gasteiger partial charge in [-0.2, -0.15) is 13.2 Å². The minimum Gasteiger partial charge on any atom is -0.364 e. The molecule has 6 heteroatoms. The Morgan fingerprint density at radius 3 is 2.65 bits per heavy atom. The van der Waals surface area contributed by atoms with Gasteiger partial charge < -0.3 is 5.32 Å². The molecule has 0 amide bonds. The van der Waals surface area contributed by atoms with Crippen LogP contribution in [-0.2, 0) is 12.7 Å². The maximum Gasteiger partial charge on any atom is 0.416 e. The number of hydrogen-bond donors (Lipinski definition) is 1. The van der Waals surface area contributed by atoms with Crippen molar-refractivity contribution >= 4 is 5.82 Å². The van der Waals surface area contributed by atoms with Gasteiger partial charge in [-0.05, 0) is 31.5 Å². The summed E-state index contributed by atoms with van der Waals surface area (Å²) in [6, 6.07) is 5.22. The molecular weight excluding hydrogens is 267 g/mol. The highest BCUT2D eigenvalue weighted by atomic mass is 19.4. The van der Waals surface area contributed by atoms with E-state index in [4.69, 9.17) is 0 Å². The lowest BCUT2D eigenvalue weighted by Crippen LogP contribution is -2.08. The summed E-state index contributed by atoms with van der Waals surface area (Å²) in [6.07, 6.45) is -2.68. The first kappa shape index (κ1) is 14.3. The van der Waals surface area contributed by atoms with Crippen LogP contribution in [0.25, 0.3) is 0 Å². The van der Waals surface area contributed by atoms with Crippen molar-refractivity contribution in [3.63, 3.8) is 0 Å². The summed E-state index contributed by atoms with van der Waals surface area (Å²) in [5.74, 6) is 0.586. The third-order valence-electron chi connectivity index (χ3n) is 2.79. The number of aromatic nitrogens is 2. The average molecular weight is 281 g/mol. The maximum absolute atomic E-state index is 12.6. The molecular formula is C14H14F3N3. The number of alkyl halides is 3. The van der Waals surface area contributed by atoms with Crippen molar-refractivity contribution in [3.05, 3.63) is 53.0 Å². The number of hydrogen-bond acceptors (Lipinski definition) is 3. The van der Waals surface area contributed by atoms with Crippen molar-refractivity contribution in [1.82, 2.24) is 9.97 Å². The molecule has 0 saturated carbocycles. The van der Waals surface area contributed by atoms with Gasteiger partial charge in [0.1, 0.15) is 5.82 Å². The van der Waals surface area contributed by atoms with E-state index in [-0.39, 0.29) is 6.54 Å². The Balaban J connectivity index is 2.13.